The second kappa shape index (κ2) is 4.92. The molecule has 0 aromatic heterocycles. The normalized spacial score (nSPS) is 31.6. The fraction of sp³-hybridized carbons (Fsp3) is 0.562. The molecule has 4 rings (SSSR count). The number of nitrogens with zero attached hydrogens (tertiary/aromatic N) is 4. The van der Waals surface area contributed by atoms with Gasteiger partial charge in [-0.1, -0.05) is 23.4 Å². The molecule has 4 atom stereocenters. The fourth-order valence-electron chi connectivity index (χ4n) is 3.44. The van der Waals surface area contributed by atoms with Crippen LogP contribution in [0, 0.1) is 0 Å². The molecule has 0 radical (unpaired) electrons. The Morgan fingerprint density at radius 2 is 2.04 bits per heavy atom. The van der Waals surface area contributed by atoms with E-state index in [4.69, 9.17) is 9.57 Å². The Morgan fingerprint density at radius 3 is 2.74 bits per heavy atom. The molecule has 2 fully saturated rings. The summed E-state index contributed by atoms with van der Waals surface area (Å²) in [7, 11) is 0. The van der Waals surface area contributed by atoms with Crippen molar-refractivity contribution < 1.29 is 14.4 Å². The molecule has 0 unspecified atom stereocenters. The summed E-state index contributed by atoms with van der Waals surface area (Å²) in [4.78, 5) is 18.1. The van der Waals surface area contributed by atoms with Crippen molar-refractivity contribution in [3.05, 3.63) is 30.3 Å². The zero-order valence-corrected chi connectivity index (χ0v) is 13.4. The number of amides is 1. The minimum absolute atomic E-state index is 0.00340. The maximum atomic E-state index is 12.4. The van der Waals surface area contributed by atoms with E-state index in [1.807, 2.05) is 56.1 Å². The molecule has 2 bridgehead atoms. The van der Waals surface area contributed by atoms with Gasteiger partial charge in [-0.15, -0.1) is 0 Å². The van der Waals surface area contributed by atoms with Gasteiger partial charge in [0.05, 0.1) is 11.7 Å². The monoisotopic (exact) mass is 316 g/mol. The summed E-state index contributed by atoms with van der Waals surface area (Å²) in [6, 6.07) is 9.75. The lowest BCUT2D eigenvalue weighted by Crippen LogP contribution is -2.54. The number of carbonyl (C=O) groups excluding carboxylic acids is 1. The molecule has 1 saturated heterocycles. The van der Waals surface area contributed by atoms with Gasteiger partial charge >= 0.3 is 6.09 Å². The van der Waals surface area contributed by atoms with Crippen LogP contribution in [-0.2, 0) is 9.57 Å². The van der Waals surface area contributed by atoms with Crippen molar-refractivity contribution in [3.63, 3.8) is 0 Å². The summed E-state index contributed by atoms with van der Waals surface area (Å²) >= 11 is 0. The molecule has 0 N–H and O–H groups in total. The van der Waals surface area contributed by atoms with Crippen molar-refractivity contribution in [3.8, 4) is 0 Å². The summed E-state index contributed by atoms with van der Waals surface area (Å²) in [5.41, 5.74) is 0.422. The van der Waals surface area contributed by atoms with Gasteiger partial charge in [-0.2, -0.15) is 10.2 Å². The van der Waals surface area contributed by atoms with E-state index >= 15 is 0 Å². The summed E-state index contributed by atoms with van der Waals surface area (Å²) in [5, 5.41) is 11.9. The molecule has 2 aliphatic heterocycles. The Balaban J connectivity index is 1.56. The maximum absolute atomic E-state index is 12.4. The number of hydrogen-bond acceptors (Lipinski definition) is 6. The molecule has 23 heavy (non-hydrogen) atoms. The third-order valence-corrected chi connectivity index (χ3v) is 4.31. The molecule has 1 aliphatic carbocycles. The van der Waals surface area contributed by atoms with Gasteiger partial charge in [-0.25, -0.2) is 9.80 Å². The number of fused-ring (bicyclic) bond motifs is 5. The Hall–Kier alpha value is -2.15. The highest BCUT2D eigenvalue weighted by molar-refractivity contribution is 5.68. The van der Waals surface area contributed by atoms with Crippen LogP contribution in [0.4, 0.5) is 10.5 Å². The lowest BCUT2D eigenvalue weighted by atomic mass is 10.1. The third-order valence-electron chi connectivity index (χ3n) is 4.31. The largest absolute Gasteiger partial charge is 0.442 e. The Labute approximate surface area is 134 Å². The highest BCUT2D eigenvalue weighted by Crippen LogP contribution is 2.45. The Morgan fingerprint density at radius 1 is 1.30 bits per heavy atom. The second-order valence-corrected chi connectivity index (χ2v) is 7.12. The molecule has 122 valence electrons. The van der Waals surface area contributed by atoms with Gasteiger partial charge in [0.25, 0.3) is 0 Å². The fourth-order valence-corrected chi connectivity index (χ4v) is 3.44. The van der Waals surface area contributed by atoms with Crippen LogP contribution in [0.15, 0.2) is 40.7 Å². The minimum Gasteiger partial charge on any atom is -0.442 e. The maximum Gasteiger partial charge on any atom is 0.434 e. The smallest absolute Gasteiger partial charge is 0.434 e. The van der Waals surface area contributed by atoms with E-state index in [1.54, 1.807) is 0 Å². The number of ether oxygens (including phenoxy) is 1. The van der Waals surface area contributed by atoms with Crippen LogP contribution in [0.1, 0.15) is 27.2 Å². The second-order valence-electron chi connectivity index (χ2n) is 7.12. The van der Waals surface area contributed by atoms with Gasteiger partial charge in [0.1, 0.15) is 23.8 Å². The van der Waals surface area contributed by atoms with Crippen LogP contribution < -0.4 is 5.01 Å². The van der Waals surface area contributed by atoms with Crippen molar-refractivity contribution in [2.45, 2.75) is 57.0 Å². The summed E-state index contributed by atoms with van der Waals surface area (Å²) in [6.07, 6.45) is 0.204. The molecule has 3 aliphatic rings. The summed E-state index contributed by atoms with van der Waals surface area (Å²) in [6.45, 7) is 5.54. The van der Waals surface area contributed by atoms with Crippen LogP contribution in [0.25, 0.3) is 0 Å². The summed E-state index contributed by atoms with van der Waals surface area (Å²) in [5.74, 6) is 0. The van der Waals surface area contributed by atoms with Gasteiger partial charge in [-0.3, -0.25) is 4.84 Å². The van der Waals surface area contributed by atoms with Crippen LogP contribution in [0.5, 0.6) is 0 Å². The molecular formula is C16H20N4O3. The highest BCUT2D eigenvalue weighted by atomic mass is 16.7. The van der Waals surface area contributed by atoms with E-state index in [1.165, 1.54) is 5.06 Å². The van der Waals surface area contributed by atoms with E-state index in [9.17, 15) is 4.79 Å². The van der Waals surface area contributed by atoms with Crippen molar-refractivity contribution in [2.24, 2.45) is 10.3 Å². The van der Waals surface area contributed by atoms with E-state index in [2.05, 4.69) is 10.3 Å². The van der Waals surface area contributed by atoms with E-state index in [0.29, 0.717) is 0 Å². The standard InChI is InChI=1S/C16H20N4O3/c1-16(2,3)22-15(21)20-11-9-12(23-20)13-14(11)19(18-17-13)10-7-5-4-6-8-10/h4-8,11-14H,9H2,1-3H3/t11-,12+,13-,14+/m1/s1. The number of benzene rings is 1. The van der Waals surface area contributed by atoms with Gasteiger partial charge < -0.3 is 4.74 Å². The van der Waals surface area contributed by atoms with Crippen LogP contribution in [0.2, 0.25) is 0 Å². The zero-order chi connectivity index (χ0) is 16.2. The number of rotatable bonds is 1. The van der Waals surface area contributed by atoms with Gasteiger partial charge in [0.15, 0.2) is 0 Å². The Kier molecular flexibility index (Phi) is 3.09. The molecule has 0 spiro atoms. The molecule has 1 saturated carbocycles. The number of carbonyl (C=O) groups is 1. The first kappa shape index (κ1) is 14.4. The average molecular weight is 316 g/mol. The summed E-state index contributed by atoms with van der Waals surface area (Å²) < 4.78 is 5.45. The van der Waals surface area contributed by atoms with E-state index < -0.39 is 11.7 Å². The predicted octanol–water partition coefficient (Wildman–Crippen LogP) is 2.93. The molecule has 2 heterocycles. The van der Waals surface area contributed by atoms with Crippen molar-refractivity contribution >= 4 is 11.8 Å². The highest BCUT2D eigenvalue weighted by Gasteiger charge is 2.61. The lowest BCUT2D eigenvalue weighted by Gasteiger charge is -2.36. The minimum atomic E-state index is -0.550. The van der Waals surface area contributed by atoms with Crippen molar-refractivity contribution in [1.82, 2.24) is 5.06 Å². The van der Waals surface area contributed by atoms with E-state index in [0.717, 1.165) is 12.1 Å². The van der Waals surface area contributed by atoms with Crippen LogP contribution in [0.3, 0.4) is 0 Å². The number of anilines is 1. The zero-order valence-electron chi connectivity index (χ0n) is 13.4. The Bertz CT molecular complexity index is 642. The van der Waals surface area contributed by atoms with E-state index in [-0.39, 0.29) is 24.2 Å². The number of para-hydroxylation sites is 1. The predicted molar refractivity (Wildman–Crippen MR) is 82.7 cm³/mol. The molecule has 1 aromatic rings. The van der Waals surface area contributed by atoms with Crippen LogP contribution in [-0.4, -0.2) is 41.0 Å². The van der Waals surface area contributed by atoms with Gasteiger partial charge in [0, 0.05) is 6.42 Å². The topological polar surface area (TPSA) is 66.7 Å². The van der Waals surface area contributed by atoms with Crippen molar-refractivity contribution in [2.75, 3.05) is 5.01 Å². The molecule has 1 amide bonds. The number of hydroxylamine groups is 2. The number of hydrogen-bond donors (Lipinski definition) is 0. The van der Waals surface area contributed by atoms with Crippen LogP contribution >= 0.6 is 0 Å². The molecular weight excluding hydrogens is 296 g/mol. The SMILES string of the molecule is CC(C)(C)OC(=O)N1O[C@H]2C[C@@H]1[C@H]1[C@@H]2N=NN1c1ccccc1. The third kappa shape index (κ3) is 2.35. The molecule has 7 heteroatoms. The quantitative estimate of drug-likeness (QED) is 0.799. The first-order valence-electron chi connectivity index (χ1n) is 7.88. The van der Waals surface area contributed by atoms with Crippen molar-refractivity contribution in [1.29, 1.82) is 0 Å². The van der Waals surface area contributed by atoms with Gasteiger partial charge in [0.2, 0.25) is 0 Å². The first-order valence-corrected chi connectivity index (χ1v) is 7.88. The first-order chi connectivity index (χ1) is 10.9. The van der Waals surface area contributed by atoms with Gasteiger partial charge in [-0.05, 0) is 32.9 Å². The molecule has 7 nitrogen and oxygen atoms in total. The lowest BCUT2D eigenvalue weighted by molar-refractivity contribution is -0.176. The average Bonchev–Trinajstić information content (AvgIpc) is 3.18. The molecule has 1 aromatic carbocycles.